The van der Waals surface area contributed by atoms with Crippen LogP contribution in [0.4, 0.5) is 4.39 Å². The number of benzene rings is 2. The highest BCUT2D eigenvalue weighted by atomic mass is 19.1. The lowest BCUT2D eigenvalue weighted by Gasteiger charge is -2.05. The molecule has 2 aromatic carbocycles. The van der Waals surface area contributed by atoms with Crippen LogP contribution in [0.3, 0.4) is 0 Å². The lowest BCUT2D eigenvalue weighted by molar-refractivity contribution is 0.469. The maximum absolute atomic E-state index is 13.6. The quantitative estimate of drug-likeness (QED) is 0.810. The zero-order chi connectivity index (χ0) is 11.5. The Labute approximate surface area is 94.2 Å². The van der Waals surface area contributed by atoms with Gasteiger partial charge in [0.1, 0.15) is 11.6 Å². The van der Waals surface area contributed by atoms with Crippen molar-refractivity contribution in [3.05, 3.63) is 53.8 Å². The van der Waals surface area contributed by atoms with Crippen molar-refractivity contribution < 1.29 is 9.50 Å². The highest BCUT2D eigenvalue weighted by molar-refractivity contribution is 5.65. The molecule has 0 aromatic heterocycles. The van der Waals surface area contributed by atoms with E-state index < -0.39 is 5.82 Å². The molecule has 0 saturated carbocycles. The van der Waals surface area contributed by atoms with Crippen molar-refractivity contribution >= 4 is 0 Å². The third-order valence-corrected chi connectivity index (χ3v) is 2.63. The first-order valence-electron chi connectivity index (χ1n) is 5.28. The fraction of sp³-hybridized carbons (Fsp3) is 0.143. The maximum Gasteiger partial charge on any atom is 0.134 e. The number of hydrogen-bond acceptors (Lipinski definition) is 1. The molecule has 2 heteroatoms. The van der Waals surface area contributed by atoms with E-state index >= 15 is 0 Å². The Morgan fingerprint density at radius 3 is 2.31 bits per heavy atom. The Hall–Kier alpha value is -1.83. The third kappa shape index (κ3) is 2.06. The van der Waals surface area contributed by atoms with Gasteiger partial charge in [-0.1, -0.05) is 31.2 Å². The van der Waals surface area contributed by atoms with E-state index in [2.05, 4.69) is 6.92 Å². The molecule has 1 N–H and O–H groups in total. The summed E-state index contributed by atoms with van der Waals surface area (Å²) in [4.78, 5) is 0. The van der Waals surface area contributed by atoms with Crippen molar-refractivity contribution in [1.82, 2.24) is 0 Å². The van der Waals surface area contributed by atoms with Crippen LogP contribution in [0.1, 0.15) is 12.5 Å². The topological polar surface area (TPSA) is 20.2 Å². The Morgan fingerprint density at radius 1 is 1.06 bits per heavy atom. The third-order valence-electron chi connectivity index (χ3n) is 2.63. The van der Waals surface area contributed by atoms with Gasteiger partial charge in [0.25, 0.3) is 0 Å². The summed E-state index contributed by atoms with van der Waals surface area (Å²) in [6.07, 6.45) is 0.971. The summed E-state index contributed by atoms with van der Waals surface area (Å²) in [6, 6.07) is 12.0. The van der Waals surface area contributed by atoms with Crippen molar-refractivity contribution in [1.29, 1.82) is 0 Å². The molecule has 0 bridgehead atoms. The minimum atomic E-state index is -0.399. The van der Waals surface area contributed by atoms with E-state index in [1.165, 1.54) is 11.6 Å². The van der Waals surface area contributed by atoms with Gasteiger partial charge >= 0.3 is 0 Å². The molecular weight excluding hydrogens is 203 g/mol. The highest BCUT2D eigenvalue weighted by Gasteiger charge is 2.05. The maximum atomic E-state index is 13.6. The van der Waals surface area contributed by atoms with Gasteiger partial charge < -0.3 is 5.11 Å². The molecule has 0 radical (unpaired) electrons. The van der Waals surface area contributed by atoms with E-state index in [1.54, 1.807) is 6.07 Å². The molecule has 0 heterocycles. The first-order valence-corrected chi connectivity index (χ1v) is 5.28. The Kier molecular flexibility index (Phi) is 2.91. The number of rotatable bonds is 2. The van der Waals surface area contributed by atoms with Crippen molar-refractivity contribution in [2.75, 3.05) is 0 Å². The predicted octanol–water partition coefficient (Wildman–Crippen LogP) is 3.76. The zero-order valence-electron chi connectivity index (χ0n) is 9.07. The first-order chi connectivity index (χ1) is 7.70. The minimum Gasteiger partial charge on any atom is -0.508 e. The van der Waals surface area contributed by atoms with Gasteiger partial charge in [-0.3, -0.25) is 0 Å². The standard InChI is InChI=1S/C14H13FO/c1-2-10-3-5-11(6-4-10)13-8-7-12(16)9-14(13)15/h3-9,16H,2H2,1H3. The van der Waals surface area contributed by atoms with Gasteiger partial charge in [0.05, 0.1) is 0 Å². The van der Waals surface area contributed by atoms with Crippen LogP contribution < -0.4 is 0 Å². The van der Waals surface area contributed by atoms with Crippen LogP contribution in [-0.4, -0.2) is 5.11 Å². The second-order valence-electron chi connectivity index (χ2n) is 3.71. The second-order valence-corrected chi connectivity index (χ2v) is 3.71. The average Bonchev–Trinajstić information content (AvgIpc) is 2.29. The van der Waals surface area contributed by atoms with Crippen molar-refractivity contribution in [3.8, 4) is 16.9 Å². The molecule has 0 aliphatic heterocycles. The zero-order valence-corrected chi connectivity index (χ0v) is 9.07. The van der Waals surface area contributed by atoms with E-state index in [9.17, 15) is 4.39 Å². The summed E-state index contributed by atoms with van der Waals surface area (Å²) >= 11 is 0. The molecule has 0 fully saturated rings. The molecule has 0 aliphatic rings. The van der Waals surface area contributed by atoms with Gasteiger partial charge in [-0.25, -0.2) is 4.39 Å². The average molecular weight is 216 g/mol. The number of hydrogen-bond donors (Lipinski definition) is 1. The smallest absolute Gasteiger partial charge is 0.134 e. The normalized spacial score (nSPS) is 10.4. The van der Waals surface area contributed by atoms with Gasteiger partial charge in [0.2, 0.25) is 0 Å². The molecule has 0 aliphatic carbocycles. The molecule has 2 aromatic rings. The predicted molar refractivity (Wildman–Crippen MR) is 62.9 cm³/mol. The van der Waals surface area contributed by atoms with Crippen molar-refractivity contribution in [2.45, 2.75) is 13.3 Å². The number of aryl methyl sites for hydroxylation is 1. The lowest BCUT2D eigenvalue weighted by atomic mass is 10.0. The van der Waals surface area contributed by atoms with Crippen LogP contribution in [0.25, 0.3) is 11.1 Å². The fourth-order valence-corrected chi connectivity index (χ4v) is 1.66. The summed E-state index contributed by atoms with van der Waals surface area (Å²) in [7, 11) is 0. The summed E-state index contributed by atoms with van der Waals surface area (Å²) in [5.41, 5.74) is 2.57. The van der Waals surface area contributed by atoms with Crippen LogP contribution in [0.15, 0.2) is 42.5 Å². The van der Waals surface area contributed by atoms with E-state index in [-0.39, 0.29) is 5.75 Å². The number of phenols is 1. The van der Waals surface area contributed by atoms with Crippen molar-refractivity contribution in [3.63, 3.8) is 0 Å². The molecular formula is C14H13FO. The van der Waals surface area contributed by atoms with Crippen LogP contribution in [0, 0.1) is 5.82 Å². The minimum absolute atomic E-state index is 0.0496. The molecule has 2 rings (SSSR count). The van der Waals surface area contributed by atoms with Crippen LogP contribution in [-0.2, 0) is 6.42 Å². The van der Waals surface area contributed by atoms with Gasteiger partial charge in [-0.15, -0.1) is 0 Å². The second kappa shape index (κ2) is 4.35. The van der Waals surface area contributed by atoms with Crippen LogP contribution in [0.5, 0.6) is 5.75 Å². The summed E-state index contributed by atoms with van der Waals surface area (Å²) in [5.74, 6) is -0.448. The van der Waals surface area contributed by atoms with Crippen LogP contribution >= 0.6 is 0 Å². The summed E-state index contributed by atoms with van der Waals surface area (Å²) in [5, 5.41) is 9.13. The number of aromatic hydroxyl groups is 1. The SMILES string of the molecule is CCc1ccc(-c2ccc(O)cc2F)cc1. The van der Waals surface area contributed by atoms with E-state index in [0.717, 1.165) is 18.1 Å². The van der Waals surface area contributed by atoms with E-state index in [4.69, 9.17) is 5.11 Å². The van der Waals surface area contributed by atoms with E-state index in [0.29, 0.717) is 5.56 Å². The lowest BCUT2D eigenvalue weighted by Crippen LogP contribution is -1.85. The first kappa shape index (κ1) is 10.7. The molecule has 82 valence electrons. The molecule has 0 unspecified atom stereocenters. The molecule has 0 atom stereocenters. The van der Waals surface area contributed by atoms with Gasteiger partial charge in [0.15, 0.2) is 0 Å². The summed E-state index contributed by atoms with van der Waals surface area (Å²) < 4.78 is 13.6. The Morgan fingerprint density at radius 2 is 1.75 bits per heavy atom. The van der Waals surface area contributed by atoms with Gasteiger partial charge in [-0.2, -0.15) is 0 Å². The van der Waals surface area contributed by atoms with Gasteiger partial charge in [-0.05, 0) is 29.7 Å². The summed E-state index contributed by atoms with van der Waals surface area (Å²) in [6.45, 7) is 2.08. The largest absolute Gasteiger partial charge is 0.508 e. The molecule has 0 saturated heterocycles. The highest BCUT2D eigenvalue weighted by Crippen LogP contribution is 2.25. The fourth-order valence-electron chi connectivity index (χ4n) is 1.66. The number of phenolic OH excluding ortho intramolecular Hbond substituents is 1. The monoisotopic (exact) mass is 216 g/mol. The molecule has 16 heavy (non-hydrogen) atoms. The van der Waals surface area contributed by atoms with E-state index in [1.807, 2.05) is 24.3 Å². The van der Waals surface area contributed by atoms with Crippen LogP contribution in [0.2, 0.25) is 0 Å². The molecule has 0 amide bonds. The Bertz CT molecular complexity index is 489. The Balaban J connectivity index is 2.42. The molecule has 0 spiro atoms. The molecule has 1 nitrogen and oxygen atoms in total. The van der Waals surface area contributed by atoms with Gasteiger partial charge in [0, 0.05) is 11.6 Å². The van der Waals surface area contributed by atoms with Crippen molar-refractivity contribution in [2.24, 2.45) is 0 Å². The number of halogens is 1.